The van der Waals surface area contributed by atoms with Crippen LogP contribution in [0.1, 0.15) is 46.0 Å². The first kappa shape index (κ1) is 31.1. The molecule has 0 saturated heterocycles. The molecule has 1 atom stereocenters. The largest absolute Gasteiger partial charge is 0.492 e. The Labute approximate surface area is 199 Å². The molecule has 5 nitrogen and oxygen atoms in total. The van der Waals surface area contributed by atoms with Gasteiger partial charge >= 0.3 is 6.18 Å². The van der Waals surface area contributed by atoms with Crippen LogP contribution < -0.4 is 5.32 Å². The van der Waals surface area contributed by atoms with E-state index in [0.717, 1.165) is 30.2 Å². The average molecular weight is 530 g/mol. The van der Waals surface area contributed by atoms with Crippen LogP contribution in [0.2, 0.25) is 0 Å². The van der Waals surface area contributed by atoms with Crippen molar-refractivity contribution in [2.45, 2.75) is 58.2 Å². The van der Waals surface area contributed by atoms with E-state index in [1.165, 1.54) is 0 Å². The number of allylic oxidation sites excluding steroid dienone is 5. The van der Waals surface area contributed by atoms with E-state index in [1.54, 1.807) is 0 Å². The topological polar surface area (TPSA) is 49.0 Å². The lowest BCUT2D eigenvalue weighted by atomic mass is 10.1. The maximum absolute atomic E-state index is 12.5. The number of halogens is 4. The highest BCUT2D eigenvalue weighted by atomic mass is 79.9. The van der Waals surface area contributed by atoms with E-state index in [0.29, 0.717) is 59.0 Å². The molecule has 0 saturated carbocycles. The van der Waals surface area contributed by atoms with Gasteiger partial charge in [0.05, 0.1) is 19.8 Å². The van der Waals surface area contributed by atoms with E-state index in [4.69, 9.17) is 14.2 Å². The molecule has 1 unspecified atom stereocenters. The van der Waals surface area contributed by atoms with Crippen LogP contribution in [-0.2, 0) is 18.9 Å². The molecule has 0 aromatic rings. The number of ether oxygens (including phenoxy) is 4. The minimum absolute atomic E-state index is 0.0395. The van der Waals surface area contributed by atoms with Crippen molar-refractivity contribution in [1.29, 1.82) is 0 Å². The van der Waals surface area contributed by atoms with E-state index in [9.17, 15) is 13.2 Å². The van der Waals surface area contributed by atoms with Crippen LogP contribution in [0.3, 0.4) is 0 Å². The summed E-state index contributed by atoms with van der Waals surface area (Å²) in [5, 5.41) is 3.20. The van der Waals surface area contributed by atoms with Gasteiger partial charge in [0, 0.05) is 31.3 Å². The van der Waals surface area contributed by atoms with Crippen LogP contribution in [0, 0.1) is 0 Å². The molecule has 0 radical (unpaired) electrons. The van der Waals surface area contributed by atoms with E-state index < -0.39 is 12.3 Å². The standard InChI is InChI=1S/C23H39BrF3NO4/c1-4-6-9-21(12-11-20(24)5-2)32-19-18-31-17-14-28-13-16-30-15-8-7-10-22(29-3)23(25,26)27/h5,9,11-12,22,28H,4,6-8,10,13-19H2,1-3H3/b12-11-,20-5+,21-9-. The van der Waals surface area contributed by atoms with Crippen molar-refractivity contribution in [1.82, 2.24) is 5.32 Å². The Kier molecular flexibility index (Phi) is 20.2. The van der Waals surface area contributed by atoms with Crippen molar-refractivity contribution in [3.05, 3.63) is 34.5 Å². The molecule has 0 heterocycles. The van der Waals surface area contributed by atoms with Crippen LogP contribution in [0.4, 0.5) is 13.2 Å². The normalized spacial score (nSPS) is 14.3. The second-order valence-corrected chi connectivity index (χ2v) is 7.90. The van der Waals surface area contributed by atoms with Gasteiger partial charge in [-0.25, -0.2) is 0 Å². The zero-order valence-corrected chi connectivity index (χ0v) is 21.1. The summed E-state index contributed by atoms with van der Waals surface area (Å²) in [5.74, 6) is 0.834. The summed E-state index contributed by atoms with van der Waals surface area (Å²) < 4.78 is 59.8. The molecule has 0 bridgehead atoms. The molecule has 0 fully saturated rings. The van der Waals surface area contributed by atoms with E-state index in [-0.39, 0.29) is 6.42 Å². The van der Waals surface area contributed by atoms with Gasteiger partial charge in [0.2, 0.25) is 0 Å². The summed E-state index contributed by atoms with van der Waals surface area (Å²) >= 11 is 3.44. The fourth-order valence-corrected chi connectivity index (χ4v) is 2.64. The Morgan fingerprint density at radius 3 is 2.28 bits per heavy atom. The zero-order chi connectivity index (χ0) is 24.1. The number of unbranched alkanes of at least 4 members (excludes halogenated alkanes) is 2. The van der Waals surface area contributed by atoms with Crippen LogP contribution >= 0.6 is 15.9 Å². The lowest BCUT2D eigenvalue weighted by Gasteiger charge is -2.18. The highest BCUT2D eigenvalue weighted by Gasteiger charge is 2.39. The smallest absolute Gasteiger partial charge is 0.414 e. The van der Waals surface area contributed by atoms with Crippen molar-refractivity contribution >= 4 is 15.9 Å². The second kappa shape index (κ2) is 20.7. The average Bonchev–Trinajstić information content (AvgIpc) is 2.76. The molecule has 0 aliphatic rings. The van der Waals surface area contributed by atoms with Gasteiger partial charge in [-0.2, -0.15) is 13.2 Å². The Balaban J connectivity index is 3.63. The lowest BCUT2D eigenvalue weighted by molar-refractivity contribution is -0.214. The van der Waals surface area contributed by atoms with Crippen molar-refractivity contribution in [2.24, 2.45) is 0 Å². The predicted molar refractivity (Wildman–Crippen MR) is 126 cm³/mol. The van der Waals surface area contributed by atoms with Gasteiger partial charge in [-0.3, -0.25) is 0 Å². The third-order valence-corrected chi connectivity index (χ3v) is 5.04. The first-order chi connectivity index (χ1) is 15.3. The van der Waals surface area contributed by atoms with E-state index >= 15 is 0 Å². The fourth-order valence-electron chi connectivity index (χ4n) is 2.50. The number of nitrogens with one attached hydrogen (secondary N) is 1. The SMILES string of the molecule is C\C=C(Br)/C=C\C(=C\CCC)OCCOCCNCCOCCCCC(OC)C(F)(F)F. The minimum atomic E-state index is -4.30. The number of hydrogen-bond acceptors (Lipinski definition) is 5. The van der Waals surface area contributed by atoms with Crippen molar-refractivity contribution in [3.63, 3.8) is 0 Å². The number of methoxy groups -OCH3 is 1. The lowest BCUT2D eigenvalue weighted by Crippen LogP contribution is -2.30. The van der Waals surface area contributed by atoms with Gasteiger partial charge < -0.3 is 24.3 Å². The third kappa shape index (κ3) is 18.7. The van der Waals surface area contributed by atoms with Crippen molar-refractivity contribution < 1.29 is 32.1 Å². The maximum Gasteiger partial charge on any atom is 0.414 e. The van der Waals surface area contributed by atoms with Crippen molar-refractivity contribution in [2.75, 3.05) is 53.2 Å². The Hall–Kier alpha value is -0.870. The van der Waals surface area contributed by atoms with E-state index in [1.807, 2.05) is 25.2 Å². The Bertz CT molecular complexity index is 540. The number of rotatable bonds is 20. The van der Waals surface area contributed by atoms with Gasteiger partial charge in [-0.05, 0) is 50.8 Å². The van der Waals surface area contributed by atoms with Crippen LogP contribution in [0.25, 0.3) is 0 Å². The summed E-state index contributed by atoms with van der Waals surface area (Å²) in [6.45, 7) is 7.93. The Morgan fingerprint density at radius 1 is 1.00 bits per heavy atom. The molecular formula is C23H39BrF3NO4. The summed E-state index contributed by atoms with van der Waals surface area (Å²) in [6, 6.07) is 0. The van der Waals surface area contributed by atoms with Gasteiger partial charge in [0.1, 0.15) is 12.4 Å². The van der Waals surface area contributed by atoms with Gasteiger partial charge in [0.15, 0.2) is 6.10 Å². The monoisotopic (exact) mass is 529 g/mol. The fraction of sp³-hybridized carbons (Fsp3) is 0.739. The molecule has 0 aliphatic heterocycles. The molecule has 0 amide bonds. The van der Waals surface area contributed by atoms with Gasteiger partial charge in [0.25, 0.3) is 0 Å². The van der Waals surface area contributed by atoms with Crippen LogP contribution in [0.15, 0.2) is 34.5 Å². The molecule has 0 aromatic heterocycles. The quantitative estimate of drug-likeness (QED) is 0.121. The molecule has 0 aromatic carbocycles. The highest BCUT2D eigenvalue weighted by Crippen LogP contribution is 2.26. The minimum Gasteiger partial charge on any atom is -0.492 e. The summed E-state index contributed by atoms with van der Waals surface area (Å²) in [7, 11) is 1.09. The summed E-state index contributed by atoms with van der Waals surface area (Å²) in [5.41, 5.74) is 0. The maximum atomic E-state index is 12.5. The third-order valence-electron chi connectivity index (χ3n) is 4.31. The molecule has 32 heavy (non-hydrogen) atoms. The molecular weight excluding hydrogens is 491 g/mol. The van der Waals surface area contributed by atoms with Crippen LogP contribution in [-0.4, -0.2) is 65.5 Å². The van der Waals surface area contributed by atoms with E-state index in [2.05, 4.69) is 39.0 Å². The molecule has 188 valence electrons. The highest BCUT2D eigenvalue weighted by molar-refractivity contribution is 9.11. The van der Waals surface area contributed by atoms with Crippen LogP contribution in [0.5, 0.6) is 0 Å². The van der Waals surface area contributed by atoms with Crippen molar-refractivity contribution in [3.8, 4) is 0 Å². The molecule has 0 aliphatic carbocycles. The first-order valence-corrected chi connectivity index (χ1v) is 11.9. The van der Waals surface area contributed by atoms with Gasteiger partial charge in [-0.15, -0.1) is 0 Å². The summed E-state index contributed by atoms with van der Waals surface area (Å²) in [6.07, 6.45) is 4.90. The van der Waals surface area contributed by atoms with Gasteiger partial charge in [-0.1, -0.05) is 35.4 Å². The molecule has 9 heteroatoms. The zero-order valence-electron chi connectivity index (χ0n) is 19.5. The Morgan fingerprint density at radius 2 is 1.69 bits per heavy atom. The summed E-state index contributed by atoms with van der Waals surface area (Å²) in [4.78, 5) is 0. The molecule has 0 spiro atoms. The number of alkyl halides is 3. The number of hydrogen-bond donors (Lipinski definition) is 1. The molecule has 0 rings (SSSR count). The second-order valence-electron chi connectivity index (χ2n) is 6.99. The molecule has 1 N–H and O–H groups in total. The first-order valence-electron chi connectivity index (χ1n) is 11.1. The predicted octanol–water partition coefficient (Wildman–Crippen LogP) is 5.91.